The van der Waals surface area contributed by atoms with E-state index in [-0.39, 0.29) is 6.04 Å². The minimum absolute atomic E-state index is 0.248. The summed E-state index contributed by atoms with van der Waals surface area (Å²) in [7, 11) is 0. The Morgan fingerprint density at radius 3 is 3.18 bits per heavy atom. The maximum Gasteiger partial charge on any atom is 0.0576 e. The number of hydrogen-bond acceptors (Lipinski definition) is 2. The SMILES string of the molecule is CC(N)Cc1ccn(CCCC2CCCO2)c1. The largest absolute Gasteiger partial charge is 0.378 e. The summed E-state index contributed by atoms with van der Waals surface area (Å²) in [4.78, 5) is 0. The van der Waals surface area contributed by atoms with Gasteiger partial charge in [0, 0.05) is 31.6 Å². The summed E-state index contributed by atoms with van der Waals surface area (Å²) >= 11 is 0. The Bertz CT molecular complexity index is 327. The Hall–Kier alpha value is -0.800. The van der Waals surface area contributed by atoms with E-state index in [1.165, 1.54) is 31.2 Å². The quantitative estimate of drug-likeness (QED) is 0.823. The van der Waals surface area contributed by atoms with Gasteiger partial charge in [-0.1, -0.05) is 0 Å². The minimum atomic E-state index is 0.248. The lowest BCUT2D eigenvalue weighted by atomic mass is 10.1. The summed E-state index contributed by atoms with van der Waals surface area (Å²) in [5.41, 5.74) is 7.14. The Morgan fingerprint density at radius 2 is 2.47 bits per heavy atom. The number of ether oxygens (including phenoxy) is 1. The molecule has 17 heavy (non-hydrogen) atoms. The molecular formula is C14H24N2O. The summed E-state index contributed by atoms with van der Waals surface area (Å²) in [6.07, 6.45) is 10.8. The first-order valence-electron chi connectivity index (χ1n) is 6.76. The lowest BCUT2D eigenvalue weighted by Gasteiger charge is -2.09. The van der Waals surface area contributed by atoms with Gasteiger partial charge in [0.1, 0.15) is 0 Å². The fourth-order valence-corrected chi connectivity index (χ4v) is 2.50. The summed E-state index contributed by atoms with van der Waals surface area (Å²) in [5, 5.41) is 0. The van der Waals surface area contributed by atoms with Gasteiger partial charge in [0.25, 0.3) is 0 Å². The summed E-state index contributed by atoms with van der Waals surface area (Å²) in [6.45, 7) is 4.11. The van der Waals surface area contributed by atoms with E-state index in [4.69, 9.17) is 10.5 Å². The van der Waals surface area contributed by atoms with Gasteiger partial charge in [-0.05, 0) is 50.7 Å². The van der Waals surface area contributed by atoms with Crippen LogP contribution in [-0.2, 0) is 17.7 Å². The smallest absolute Gasteiger partial charge is 0.0576 e. The number of nitrogens with zero attached hydrogens (tertiary/aromatic N) is 1. The Morgan fingerprint density at radius 1 is 1.59 bits per heavy atom. The number of aromatic nitrogens is 1. The van der Waals surface area contributed by atoms with Crippen molar-refractivity contribution in [2.75, 3.05) is 6.61 Å². The predicted molar refractivity (Wildman–Crippen MR) is 70.0 cm³/mol. The van der Waals surface area contributed by atoms with Crippen molar-refractivity contribution in [1.82, 2.24) is 4.57 Å². The van der Waals surface area contributed by atoms with Crippen LogP contribution in [-0.4, -0.2) is 23.3 Å². The fourth-order valence-electron chi connectivity index (χ4n) is 2.50. The summed E-state index contributed by atoms with van der Waals surface area (Å²) in [5.74, 6) is 0. The van der Waals surface area contributed by atoms with Crippen molar-refractivity contribution in [2.24, 2.45) is 5.73 Å². The third-order valence-electron chi connectivity index (χ3n) is 3.34. The first kappa shape index (κ1) is 12.7. The highest BCUT2D eigenvalue weighted by atomic mass is 16.5. The number of hydrogen-bond donors (Lipinski definition) is 1. The second kappa shape index (κ2) is 6.22. The molecule has 3 heteroatoms. The van der Waals surface area contributed by atoms with Gasteiger partial charge in [0.15, 0.2) is 0 Å². The Labute approximate surface area is 104 Å². The molecule has 0 radical (unpaired) electrons. The molecule has 2 rings (SSSR count). The molecule has 0 aliphatic carbocycles. The molecular weight excluding hydrogens is 212 g/mol. The van der Waals surface area contributed by atoms with Crippen LogP contribution in [0.15, 0.2) is 18.5 Å². The number of nitrogens with two attached hydrogens (primary N) is 1. The molecule has 0 amide bonds. The molecule has 2 N–H and O–H groups in total. The second-order valence-electron chi connectivity index (χ2n) is 5.22. The van der Waals surface area contributed by atoms with E-state index < -0.39 is 0 Å². The van der Waals surface area contributed by atoms with E-state index in [2.05, 4.69) is 30.0 Å². The van der Waals surface area contributed by atoms with Gasteiger partial charge in [-0.25, -0.2) is 0 Å². The van der Waals surface area contributed by atoms with Gasteiger partial charge in [-0.2, -0.15) is 0 Å². The van der Waals surface area contributed by atoms with Crippen LogP contribution in [0.25, 0.3) is 0 Å². The van der Waals surface area contributed by atoms with Gasteiger partial charge in [-0.3, -0.25) is 0 Å². The molecule has 1 aromatic rings. The molecule has 3 nitrogen and oxygen atoms in total. The van der Waals surface area contributed by atoms with Crippen molar-refractivity contribution in [3.63, 3.8) is 0 Å². The van der Waals surface area contributed by atoms with Crippen molar-refractivity contribution in [3.8, 4) is 0 Å². The lowest BCUT2D eigenvalue weighted by molar-refractivity contribution is 0.101. The molecule has 2 unspecified atom stereocenters. The monoisotopic (exact) mass is 236 g/mol. The van der Waals surface area contributed by atoms with Crippen LogP contribution in [0.4, 0.5) is 0 Å². The molecule has 1 fully saturated rings. The number of rotatable bonds is 6. The number of aryl methyl sites for hydroxylation is 1. The van der Waals surface area contributed by atoms with Crippen LogP contribution in [0.1, 0.15) is 38.2 Å². The predicted octanol–water partition coefficient (Wildman–Crippen LogP) is 2.34. The van der Waals surface area contributed by atoms with E-state index in [0.717, 1.165) is 19.6 Å². The molecule has 2 atom stereocenters. The standard InChI is InChI=1S/C14H24N2O/c1-12(15)10-13-6-8-16(11-13)7-2-4-14-5-3-9-17-14/h6,8,11-12,14H,2-5,7,9-10,15H2,1H3. The van der Waals surface area contributed by atoms with Crippen LogP contribution in [0, 0.1) is 0 Å². The molecule has 2 heterocycles. The fraction of sp³-hybridized carbons (Fsp3) is 0.714. The molecule has 0 aromatic carbocycles. The van der Waals surface area contributed by atoms with Gasteiger partial charge in [-0.15, -0.1) is 0 Å². The summed E-state index contributed by atoms with van der Waals surface area (Å²) < 4.78 is 7.89. The lowest BCUT2D eigenvalue weighted by Crippen LogP contribution is -2.17. The normalized spacial score (nSPS) is 21.9. The van der Waals surface area contributed by atoms with E-state index in [1.54, 1.807) is 0 Å². The highest BCUT2D eigenvalue weighted by Crippen LogP contribution is 2.17. The zero-order chi connectivity index (χ0) is 12.1. The molecule has 1 aromatic heterocycles. The zero-order valence-electron chi connectivity index (χ0n) is 10.8. The highest BCUT2D eigenvalue weighted by molar-refractivity contribution is 5.11. The second-order valence-corrected chi connectivity index (χ2v) is 5.22. The van der Waals surface area contributed by atoms with Gasteiger partial charge in [0.2, 0.25) is 0 Å². The van der Waals surface area contributed by atoms with Crippen LogP contribution in [0.3, 0.4) is 0 Å². The third-order valence-corrected chi connectivity index (χ3v) is 3.34. The Kier molecular flexibility index (Phi) is 4.63. The van der Waals surface area contributed by atoms with Gasteiger partial charge in [0.05, 0.1) is 6.10 Å². The molecule has 1 aliphatic heterocycles. The van der Waals surface area contributed by atoms with Crippen LogP contribution in [0.2, 0.25) is 0 Å². The molecule has 1 saturated heterocycles. The topological polar surface area (TPSA) is 40.2 Å². The van der Waals surface area contributed by atoms with E-state index in [9.17, 15) is 0 Å². The summed E-state index contributed by atoms with van der Waals surface area (Å²) in [6, 6.07) is 2.42. The van der Waals surface area contributed by atoms with E-state index in [0.29, 0.717) is 6.10 Å². The van der Waals surface area contributed by atoms with Gasteiger partial charge >= 0.3 is 0 Å². The average molecular weight is 236 g/mol. The van der Waals surface area contributed by atoms with Crippen molar-refractivity contribution < 1.29 is 4.74 Å². The average Bonchev–Trinajstić information content (AvgIpc) is 2.89. The maximum atomic E-state index is 5.79. The maximum absolute atomic E-state index is 5.79. The molecule has 0 saturated carbocycles. The van der Waals surface area contributed by atoms with Crippen molar-refractivity contribution in [3.05, 3.63) is 24.0 Å². The van der Waals surface area contributed by atoms with Crippen LogP contribution >= 0.6 is 0 Å². The first-order valence-corrected chi connectivity index (χ1v) is 6.76. The van der Waals surface area contributed by atoms with Crippen LogP contribution in [0.5, 0.6) is 0 Å². The third kappa shape index (κ3) is 4.17. The van der Waals surface area contributed by atoms with E-state index >= 15 is 0 Å². The molecule has 1 aliphatic rings. The van der Waals surface area contributed by atoms with Crippen molar-refractivity contribution in [2.45, 2.75) is 57.7 Å². The zero-order valence-corrected chi connectivity index (χ0v) is 10.8. The Balaban J connectivity index is 1.69. The molecule has 96 valence electrons. The first-order chi connectivity index (χ1) is 8.24. The van der Waals surface area contributed by atoms with Crippen molar-refractivity contribution >= 4 is 0 Å². The molecule has 0 spiro atoms. The van der Waals surface area contributed by atoms with Crippen LogP contribution < -0.4 is 5.73 Å². The molecule has 0 bridgehead atoms. The van der Waals surface area contributed by atoms with Gasteiger partial charge < -0.3 is 15.0 Å². The van der Waals surface area contributed by atoms with E-state index in [1.807, 2.05) is 0 Å². The highest BCUT2D eigenvalue weighted by Gasteiger charge is 2.14. The minimum Gasteiger partial charge on any atom is -0.378 e. The van der Waals surface area contributed by atoms with Crippen molar-refractivity contribution in [1.29, 1.82) is 0 Å².